The summed E-state index contributed by atoms with van der Waals surface area (Å²) in [6.45, 7) is 2.09. The molecule has 1 N–H and O–H groups in total. The number of amides is 2. The summed E-state index contributed by atoms with van der Waals surface area (Å²) in [5, 5.41) is 4.41. The van der Waals surface area contributed by atoms with Crippen LogP contribution in [0.15, 0.2) is 11.4 Å². The highest BCUT2D eigenvalue weighted by Crippen LogP contribution is 2.14. The molecule has 0 aliphatic heterocycles. The summed E-state index contributed by atoms with van der Waals surface area (Å²) in [5.74, 6) is -0.301. The summed E-state index contributed by atoms with van der Waals surface area (Å²) in [7, 11) is 3.32. The van der Waals surface area contributed by atoms with Gasteiger partial charge in [-0.05, 0) is 12.5 Å². The first-order chi connectivity index (χ1) is 7.54. The first kappa shape index (κ1) is 12.7. The zero-order valence-corrected chi connectivity index (χ0v) is 10.6. The molecule has 0 saturated carbocycles. The van der Waals surface area contributed by atoms with Crippen LogP contribution in [0.25, 0.3) is 0 Å². The molecule has 5 heteroatoms. The van der Waals surface area contributed by atoms with Crippen LogP contribution in [0.4, 0.5) is 0 Å². The minimum absolute atomic E-state index is 0.0448. The Labute approximate surface area is 99.3 Å². The zero-order chi connectivity index (χ0) is 12.1. The van der Waals surface area contributed by atoms with Crippen molar-refractivity contribution in [2.24, 2.45) is 0 Å². The maximum Gasteiger partial charge on any atom is 0.252 e. The maximum atomic E-state index is 11.6. The highest BCUT2D eigenvalue weighted by atomic mass is 32.1. The molecule has 1 aromatic rings. The summed E-state index contributed by atoms with van der Waals surface area (Å²) >= 11 is 1.56. The highest BCUT2D eigenvalue weighted by Gasteiger charge is 2.10. The number of rotatable bonds is 4. The van der Waals surface area contributed by atoms with E-state index in [9.17, 15) is 9.59 Å². The maximum absolute atomic E-state index is 11.6. The fourth-order valence-corrected chi connectivity index (χ4v) is 1.92. The van der Waals surface area contributed by atoms with Crippen molar-refractivity contribution >= 4 is 23.2 Å². The molecule has 0 atom stereocenters. The monoisotopic (exact) mass is 240 g/mol. The van der Waals surface area contributed by atoms with E-state index in [4.69, 9.17) is 0 Å². The quantitative estimate of drug-likeness (QED) is 0.857. The summed E-state index contributed by atoms with van der Waals surface area (Å²) in [4.78, 5) is 25.5. The highest BCUT2D eigenvalue weighted by molar-refractivity contribution is 7.10. The number of carbonyl (C=O) groups is 2. The Bertz CT molecular complexity index is 385. The molecule has 2 amide bonds. The molecule has 0 radical (unpaired) electrons. The molecule has 16 heavy (non-hydrogen) atoms. The van der Waals surface area contributed by atoms with Crippen molar-refractivity contribution in [2.45, 2.75) is 13.3 Å². The van der Waals surface area contributed by atoms with Crippen LogP contribution >= 0.6 is 11.3 Å². The number of nitrogens with zero attached hydrogens (tertiary/aromatic N) is 1. The van der Waals surface area contributed by atoms with E-state index in [2.05, 4.69) is 5.32 Å². The van der Waals surface area contributed by atoms with Crippen molar-refractivity contribution in [1.82, 2.24) is 10.2 Å². The minimum Gasteiger partial charge on any atom is -0.347 e. The molecule has 0 saturated heterocycles. The predicted molar refractivity (Wildman–Crippen MR) is 64.7 cm³/mol. The molecule has 88 valence electrons. The van der Waals surface area contributed by atoms with Crippen molar-refractivity contribution in [1.29, 1.82) is 0 Å². The Hall–Kier alpha value is -1.36. The van der Waals surface area contributed by atoms with Crippen LogP contribution in [0, 0.1) is 0 Å². The predicted octanol–water partition coefficient (Wildman–Crippen LogP) is 1.13. The van der Waals surface area contributed by atoms with Gasteiger partial charge in [0.05, 0.1) is 12.1 Å². The van der Waals surface area contributed by atoms with E-state index in [1.807, 2.05) is 18.4 Å². The Kier molecular flexibility index (Phi) is 4.49. The normalized spacial score (nSPS) is 9.94. The van der Waals surface area contributed by atoms with E-state index < -0.39 is 0 Å². The summed E-state index contributed by atoms with van der Waals surface area (Å²) in [6, 6.07) is 1.86. The van der Waals surface area contributed by atoms with E-state index in [1.54, 1.807) is 25.4 Å². The summed E-state index contributed by atoms with van der Waals surface area (Å²) in [6.07, 6.45) is 0.925. The topological polar surface area (TPSA) is 49.4 Å². The Morgan fingerprint density at radius 2 is 2.12 bits per heavy atom. The minimum atomic E-state index is -0.189. The number of thiophene rings is 1. The van der Waals surface area contributed by atoms with Crippen molar-refractivity contribution in [3.63, 3.8) is 0 Å². The van der Waals surface area contributed by atoms with Gasteiger partial charge in [0.15, 0.2) is 0 Å². The van der Waals surface area contributed by atoms with E-state index >= 15 is 0 Å². The first-order valence-electron chi connectivity index (χ1n) is 5.10. The van der Waals surface area contributed by atoms with Crippen LogP contribution in [-0.4, -0.2) is 37.4 Å². The number of hydrogen-bond donors (Lipinski definition) is 1. The number of nitrogens with one attached hydrogen (secondary N) is 1. The Balaban J connectivity index is 2.49. The lowest BCUT2D eigenvalue weighted by molar-refractivity contribution is -0.127. The molecule has 0 bridgehead atoms. The lowest BCUT2D eigenvalue weighted by Gasteiger charge is -2.10. The van der Waals surface area contributed by atoms with Crippen molar-refractivity contribution < 1.29 is 9.59 Å². The average molecular weight is 240 g/mol. The zero-order valence-electron chi connectivity index (χ0n) is 9.74. The Morgan fingerprint density at radius 3 is 2.62 bits per heavy atom. The number of carbonyl (C=O) groups excluding carboxylic acids is 2. The van der Waals surface area contributed by atoms with Crippen molar-refractivity contribution in [3.05, 3.63) is 21.9 Å². The molecular weight excluding hydrogens is 224 g/mol. The molecule has 0 spiro atoms. The van der Waals surface area contributed by atoms with Crippen LogP contribution in [0.5, 0.6) is 0 Å². The molecule has 0 aliphatic rings. The van der Waals surface area contributed by atoms with Crippen LogP contribution in [0.1, 0.15) is 22.2 Å². The first-order valence-corrected chi connectivity index (χ1v) is 5.98. The largest absolute Gasteiger partial charge is 0.347 e. The van der Waals surface area contributed by atoms with Crippen molar-refractivity contribution in [2.75, 3.05) is 20.6 Å². The second kappa shape index (κ2) is 5.65. The van der Waals surface area contributed by atoms with Gasteiger partial charge in [-0.15, -0.1) is 11.3 Å². The lowest BCUT2D eigenvalue weighted by atomic mass is 10.2. The van der Waals surface area contributed by atoms with Crippen LogP contribution in [-0.2, 0) is 11.2 Å². The second-order valence-corrected chi connectivity index (χ2v) is 4.62. The molecule has 1 heterocycles. The summed E-state index contributed by atoms with van der Waals surface area (Å²) in [5.41, 5.74) is 0.633. The van der Waals surface area contributed by atoms with Gasteiger partial charge in [0.2, 0.25) is 5.91 Å². The van der Waals surface area contributed by atoms with E-state index in [0.717, 1.165) is 6.42 Å². The van der Waals surface area contributed by atoms with Gasteiger partial charge in [-0.3, -0.25) is 9.59 Å². The standard InChI is InChI=1S/C11H16N2O2S/c1-4-9-5-8(7-16-9)11(15)12-6-10(14)13(2)3/h5,7H,4,6H2,1-3H3,(H,12,15). The van der Waals surface area contributed by atoms with Crippen molar-refractivity contribution in [3.8, 4) is 0 Å². The second-order valence-electron chi connectivity index (χ2n) is 3.63. The van der Waals surface area contributed by atoms with Gasteiger partial charge in [-0.2, -0.15) is 0 Å². The van der Waals surface area contributed by atoms with Gasteiger partial charge < -0.3 is 10.2 Å². The molecule has 1 rings (SSSR count). The SMILES string of the molecule is CCc1cc(C(=O)NCC(=O)N(C)C)cs1. The van der Waals surface area contributed by atoms with Gasteiger partial charge >= 0.3 is 0 Å². The fraction of sp³-hybridized carbons (Fsp3) is 0.455. The number of hydrogen-bond acceptors (Lipinski definition) is 3. The molecule has 0 aromatic carbocycles. The molecular formula is C11H16N2O2S. The van der Waals surface area contributed by atoms with Gasteiger partial charge in [-0.1, -0.05) is 6.92 Å². The smallest absolute Gasteiger partial charge is 0.252 e. The van der Waals surface area contributed by atoms with Gasteiger partial charge in [0, 0.05) is 24.4 Å². The van der Waals surface area contributed by atoms with Gasteiger partial charge in [0.25, 0.3) is 5.91 Å². The van der Waals surface area contributed by atoms with Gasteiger partial charge in [-0.25, -0.2) is 0 Å². The molecule has 4 nitrogen and oxygen atoms in total. The number of aryl methyl sites for hydroxylation is 1. The van der Waals surface area contributed by atoms with E-state index in [0.29, 0.717) is 5.56 Å². The summed E-state index contributed by atoms with van der Waals surface area (Å²) < 4.78 is 0. The van der Waals surface area contributed by atoms with E-state index in [1.165, 1.54) is 9.78 Å². The molecule has 0 unspecified atom stereocenters. The molecule has 0 aliphatic carbocycles. The van der Waals surface area contributed by atoms with Crippen LogP contribution in [0.3, 0.4) is 0 Å². The van der Waals surface area contributed by atoms with Gasteiger partial charge in [0.1, 0.15) is 0 Å². The van der Waals surface area contributed by atoms with E-state index in [-0.39, 0.29) is 18.4 Å². The average Bonchev–Trinajstić information content (AvgIpc) is 2.73. The third-order valence-corrected chi connectivity index (χ3v) is 3.24. The molecule has 1 aromatic heterocycles. The third kappa shape index (κ3) is 3.34. The number of likely N-dealkylation sites (N-methyl/N-ethyl adjacent to an activating group) is 1. The van der Waals surface area contributed by atoms with Crippen LogP contribution in [0.2, 0.25) is 0 Å². The Morgan fingerprint density at radius 1 is 1.44 bits per heavy atom. The van der Waals surface area contributed by atoms with Crippen LogP contribution < -0.4 is 5.32 Å². The molecule has 0 fully saturated rings. The third-order valence-electron chi connectivity index (χ3n) is 2.16. The fourth-order valence-electron chi connectivity index (χ4n) is 1.10. The lowest BCUT2D eigenvalue weighted by Crippen LogP contribution is -2.36.